The maximum Gasteiger partial charge on any atom is 0.0322 e. The summed E-state index contributed by atoms with van der Waals surface area (Å²) >= 11 is 0. The molecule has 2 atom stereocenters. The van der Waals surface area contributed by atoms with Gasteiger partial charge in [0.05, 0.1) is 0 Å². The van der Waals surface area contributed by atoms with Gasteiger partial charge in [-0.3, -0.25) is 0 Å². The fraction of sp³-hybridized carbons (Fsp3) is 0.625. The van der Waals surface area contributed by atoms with Crippen LogP contribution in [0.3, 0.4) is 0 Å². The minimum absolute atomic E-state index is 0.558. The molecule has 1 heterocycles. The van der Waals surface area contributed by atoms with Gasteiger partial charge in [-0.1, -0.05) is 45.9 Å². The van der Waals surface area contributed by atoms with Gasteiger partial charge in [-0.05, 0) is 41.9 Å². The number of hydrogen-bond acceptors (Lipinski definition) is 1. The molecule has 1 aliphatic heterocycles. The van der Waals surface area contributed by atoms with Crippen molar-refractivity contribution in [3.8, 4) is 0 Å². The van der Waals surface area contributed by atoms with E-state index in [2.05, 4.69) is 51.2 Å². The monoisotopic (exact) mass is 231 g/mol. The van der Waals surface area contributed by atoms with Crippen LogP contribution in [-0.2, 0) is 6.42 Å². The second kappa shape index (κ2) is 5.22. The van der Waals surface area contributed by atoms with Crippen LogP contribution in [-0.4, -0.2) is 6.04 Å². The average molecular weight is 231 g/mol. The summed E-state index contributed by atoms with van der Waals surface area (Å²) in [7, 11) is 0. The maximum absolute atomic E-state index is 3.78. The first kappa shape index (κ1) is 12.6. The first-order chi connectivity index (χ1) is 8.15. The van der Waals surface area contributed by atoms with E-state index in [-0.39, 0.29) is 0 Å². The quantitative estimate of drug-likeness (QED) is 0.822. The van der Waals surface area contributed by atoms with Crippen molar-refractivity contribution < 1.29 is 0 Å². The van der Waals surface area contributed by atoms with Gasteiger partial charge in [-0.25, -0.2) is 0 Å². The van der Waals surface area contributed by atoms with E-state index in [4.69, 9.17) is 0 Å². The second-order valence-electron chi connectivity index (χ2n) is 5.55. The van der Waals surface area contributed by atoms with Crippen LogP contribution in [0, 0.1) is 0 Å². The highest BCUT2D eigenvalue weighted by atomic mass is 15.0. The molecule has 0 saturated heterocycles. The Kier molecular flexibility index (Phi) is 3.88. The molecular weight excluding hydrogens is 206 g/mol. The number of hydrogen-bond donors (Lipinski definition) is 1. The zero-order valence-corrected chi connectivity index (χ0v) is 11.6. The molecule has 1 aliphatic rings. The van der Waals surface area contributed by atoms with Crippen LogP contribution in [0.5, 0.6) is 0 Å². The Hall–Kier alpha value is -0.820. The van der Waals surface area contributed by atoms with Gasteiger partial charge in [0, 0.05) is 12.1 Å². The molecule has 1 aromatic rings. The predicted octanol–water partition coefficient (Wildman–Crippen LogP) is 4.19. The van der Waals surface area contributed by atoms with E-state index in [1.165, 1.54) is 24.8 Å². The highest BCUT2D eigenvalue weighted by Gasteiger charge is 2.24. The van der Waals surface area contributed by atoms with Crippen LogP contribution in [0.15, 0.2) is 18.2 Å². The van der Waals surface area contributed by atoms with Gasteiger partial charge in [0.2, 0.25) is 0 Å². The lowest BCUT2D eigenvalue weighted by Gasteiger charge is -2.33. The Morgan fingerprint density at radius 3 is 2.59 bits per heavy atom. The molecule has 2 rings (SSSR count). The number of benzene rings is 1. The van der Waals surface area contributed by atoms with Crippen molar-refractivity contribution in [2.24, 2.45) is 0 Å². The van der Waals surface area contributed by atoms with Crippen molar-refractivity contribution in [3.63, 3.8) is 0 Å². The molecule has 1 aromatic carbocycles. The predicted molar refractivity (Wildman–Crippen MR) is 74.5 cm³/mol. The summed E-state index contributed by atoms with van der Waals surface area (Å²) in [5, 5.41) is 3.78. The molecule has 0 saturated carbocycles. The first-order valence-corrected chi connectivity index (χ1v) is 7.04. The van der Waals surface area contributed by atoms with E-state index in [0.717, 1.165) is 0 Å². The molecule has 1 heteroatoms. The van der Waals surface area contributed by atoms with Crippen molar-refractivity contribution in [2.75, 3.05) is 0 Å². The lowest BCUT2D eigenvalue weighted by atomic mass is 9.85. The van der Waals surface area contributed by atoms with E-state index in [1.807, 2.05) is 0 Å². The van der Waals surface area contributed by atoms with Gasteiger partial charge >= 0.3 is 0 Å². The summed E-state index contributed by atoms with van der Waals surface area (Å²) in [4.78, 5) is 0. The fourth-order valence-corrected chi connectivity index (χ4v) is 2.78. The largest absolute Gasteiger partial charge is 0.307 e. The standard InChI is InChI=1S/C16H25N/c1-5-14-9-13-8-7-12(11(3)4)10-15(13)16(6-2)17-14/h7-8,10-11,14,16-17H,5-6,9H2,1-4H3. The van der Waals surface area contributed by atoms with Gasteiger partial charge < -0.3 is 5.32 Å². The molecule has 17 heavy (non-hydrogen) atoms. The summed E-state index contributed by atoms with van der Waals surface area (Å²) in [6.45, 7) is 9.10. The van der Waals surface area contributed by atoms with Crippen molar-refractivity contribution in [3.05, 3.63) is 34.9 Å². The Bertz CT molecular complexity index is 381. The van der Waals surface area contributed by atoms with E-state index in [0.29, 0.717) is 18.0 Å². The zero-order valence-electron chi connectivity index (χ0n) is 11.6. The van der Waals surface area contributed by atoms with Gasteiger partial charge in [-0.15, -0.1) is 0 Å². The molecule has 0 amide bonds. The van der Waals surface area contributed by atoms with Crippen LogP contribution in [0.2, 0.25) is 0 Å². The summed E-state index contributed by atoms with van der Waals surface area (Å²) in [6.07, 6.45) is 3.60. The van der Waals surface area contributed by atoms with Crippen LogP contribution < -0.4 is 5.32 Å². The van der Waals surface area contributed by atoms with Crippen LogP contribution in [0.4, 0.5) is 0 Å². The smallest absolute Gasteiger partial charge is 0.0322 e. The van der Waals surface area contributed by atoms with Crippen LogP contribution >= 0.6 is 0 Å². The normalized spacial score (nSPS) is 23.8. The fourth-order valence-electron chi connectivity index (χ4n) is 2.78. The van der Waals surface area contributed by atoms with Gasteiger partial charge in [0.1, 0.15) is 0 Å². The molecule has 0 aliphatic carbocycles. The third-order valence-corrected chi connectivity index (χ3v) is 4.02. The van der Waals surface area contributed by atoms with Crippen molar-refractivity contribution in [1.82, 2.24) is 5.32 Å². The van der Waals surface area contributed by atoms with Crippen molar-refractivity contribution in [2.45, 2.75) is 65.0 Å². The van der Waals surface area contributed by atoms with Crippen LogP contribution in [0.25, 0.3) is 0 Å². The third kappa shape index (κ3) is 2.55. The molecular formula is C16H25N. The molecule has 0 radical (unpaired) electrons. The maximum atomic E-state index is 3.78. The molecule has 0 spiro atoms. The van der Waals surface area contributed by atoms with Crippen molar-refractivity contribution >= 4 is 0 Å². The highest BCUT2D eigenvalue weighted by molar-refractivity contribution is 5.38. The summed E-state index contributed by atoms with van der Waals surface area (Å²) in [6, 6.07) is 8.32. The molecule has 0 bridgehead atoms. The molecule has 1 nitrogen and oxygen atoms in total. The molecule has 1 N–H and O–H groups in total. The lowest BCUT2D eigenvalue weighted by Crippen LogP contribution is -2.38. The lowest BCUT2D eigenvalue weighted by molar-refractivity contribution is 0.386. The molecule has 2 unspecified atom stereocenters. The van der Waals surface area contributed by atoms with Gasteiger partial charge in [0.15, 0.2) is 0 Å². The SMILES string of the molecule is CCC1Cc2ccc(C(C)C)cc2C(CC)N1. The number of rotatable bonds is 3. The van der Waals surface area contributed by atoms with Gasteiger partial charge in [-0.2, -0.15) is 0 Å². The zero-order chi connectivity index (χ0) is 12.4. The molecule has 0 aromatic heterocycles. The minimum atomic E-state index is 0.558. The van der Waals surface area contributed by atoms with Gasteiger partial charge in [0.25, 0.3) is 0 Å². The second-order valence-corrected chi connectivity index (χ2v) is 5.55. The Labute approximate surface area is 106 Å². The Morgan fingerprint density at radius 1 is 1.24 bits per heavy atom. The first-order valence-electron chi connectivity index (χ1n) is 7.04. The number of fused-ring (bicyclic) bond motifs is 1. The minimum Gasteiger partial charge on any atom is -0.307 e. The van der Waals surface area contributed by atoms with Crippen molar-refractivity contribution in [1.29, 1.82) is 0 Å². The molecule has 94 valence electrons. The summed E-state index contributed by atoms with van der Waals surface area (Å²) in [5.41, 5.74) is 4.58. The highest BCUT2D eigenvalue weighted by Crippen LogP contribution is 2.31. The summed E-state index contributed by atoms with van der Waals surface area (Å²) in [5.74, 6) is 0.627. The van der Waals surface area contributed by atoms with Crippen LogP contribution in [0.1, 0.15) is 69.2 Å². The number of nitrogens with one attached hydrogen (secondary N) is 1. The van der Waals surface area contributed by atoms with E-state index in [1.54, 1.807) is 11.1 Å². The van der Waals surface area contributed by atoms with E-state index < -0.39 is 0 Å². The van der Waals surface area contributed by atoms with E-state index >= 15 is 0 Å². The summed E-state index contributed by atoms with van der Waals surface area (Å²) < 4.78 is 0. The molecule has 0 fully saturated rings. The third-order valence-electron chi connectivity index (χ3n) is 4.02. The van der Waals surface area contributed by atoms with E-state index in [9.17, 15) is 0 Å². The Balaban J connectivity index is 2.35. The topological polar surface area (TPSA) is 12.0 Å². The Morgan fingerprint density at radius 2 is 2.00 bits per heavy atom. The average Bonchev–Trinajstić information content (AvgIpc) is 2.36.